The van der Waals surface area contributed by atoms with Gasteiger partial charge in [0.25, 0.3) is 0 Å². The van der Waals surface area contributed by atoms with Crippen molar-refractivity contribution in [3.63, 3.8) is 0 Å². The average molecular weight is 459 g/mol. The second-order valence-electron chi connectivity index (χ2n) is 3.52. The second-order valence-corrected chi connectivity index (χ2v) is 6.02. The molecule has 1 aromatic carbocycles. The molecule has 2 rings (SSSR count). The molecule has 0 aliphatic carbocycles. The highest BCUT2D eigenvalue weighted by Gasteiger charge is 2.14. The predicted molar refractivity (Wildman–Crippen MR) is 84.3 cm³/mol. The molecule has 0 unspecified atom stereocenters. The van der Waals surface area contributed by atoms with Gasteiger partial charge in [0.05, 0.1) is 5.03 Å². The van der Waals surface area contributed by atoms with Gasteiger partial charge < -0.3 is 0 Å². The van der Waals surface area contributed by atoms with Crippen LogP contribution in [0.15, 0.2) is 33.5 Å². The molecule has 0 saturated carbocycles. The number of nitrogens with zero attached hydrogens (tertiary/aromatic N) is 4. The Morgan fingerprint density at radius 3 is 2.71 bits per heavy atom. The number of aromatic nitrogens is 3. The summed E-state index contributed by atoms with van der Waals surface area (Å²) in [4.78, 5) is 17.9. The maximum Gasteiger partial charge on any atom is 0.327 e. The summed E-state index contributed by atoms with van der Waals surface area (Å²) in [5, 5.41) is 13.1. The molecule has 0 spiro atoms. The highest BCUT2D eigenvalue weighted by molar-refractivity contribution is 9.11. The van der Waals surface area contributed by atoms with E-state index in [9.17, 15) is 10.1 Å². The molecule has 0 aliphatic rings. The summed E-state index contributed by atoms with van der Waals surface area (Å²) in [6, 6.07) is 4.88. The zero-order chi connectivity index (χ0) is 15.6. The molecular formula is C10H4Br2Cl2N4O3. The van der Waals surface area contributed by atoms with E-state index in [1.54, 1.807) is 18.2 Å². The Hall–Kier alpha value is -1.16. The summed E-state index contributed by atoms with van der Waals surface area (Å²) in [6.07, 6.45) is 1.15. The third-order valence-electron chi connectivity index (χ3n) is 2.18. The van der Waals surface area contributed by atoms with Gasteiger partial charge in [0.15, 0.2) is 5.16 Å². The Bertz CT molecular complexity index is 735. The summed E-state index contributed by atoms with van der Waals surface area (Å²) >= 11 is 19.0. The van der Waals surface area contributed by atoms with Crippen LogP contribution in [-0.4, -0.2) is 19.9 Å². The van der Waals surface area contributed by atoms with Gasteiger partial charge in [-0.3, -0.25) is 0 Å². The van der Waals surface area contributed by atoms with Crippen molar-refractivity contribution in [2.75, 3.05) is 0 Å². The lowest BCUT2D eigenvalue weighted by Crippen LogP contribution is -2.05. The Labute approximate surface area is 144 Å². The van der Waals surface area contributed by atoms with Crippen molar-refractivity contribution in [2.45, 2.75) is 0 Å². The maximum absolute atomic E-state index is 10.2. The van der Waals surface area contributed by atoms with Crippen LogP contribution >= 0.6 is 55.1 Å². The van der Waals surface area contributed by atoms with Gasteiger partial charge in [0.1, 0.15) is 6.33 Å². The number of benzene rings is 1. The zero-order valence-corrected chi connectivity index (χ0v) is 14.5. The van der Waals surface area contributed by atoms with E-state index in [4.69, 9.17) is 23.2 Å². The summed E-state index contributed by atoms with van der Waals surface area (Å²) in [7, 11) is 0. The van der Waals surface area contributed by atoms with Gasteiger partial charge in [-0.05, 0) is 12.1 Å². The highest BCUT2D eigenvalue weighted by Crippen LogP contribution is 2.34. The van der Waals surface area contributed by atoms with Gasteiger partial charge in [0, 0.05) is 14.5 Å². The molecule has 0 amide bonds. The van der Waals surface area contributed by atoms with Crippen LogP contribution in [-0.2, 0) is 0 Å². The topological polar surface area (TPSA) is 83.1 Å². The molecule has 7 nitrogen and oxygen atoms in total. The first-order valence-corrected chi connectivity index (χ1v) is 7.47. The van der Waals surface area contributed by atoms with Crippen LogP contribution in [0.25, 0.3) is 10.2 Å². The lowest BCUT2D eigenvalue weighted by molar-refractivity contribution is -0.713. The minimum atomic E-state index is -1.02. The van der Waals surface area contributed by atoms with Gasteiger partial charge in [-0.2, -0.15) is 4.98 Å². The van der Waals surface area contributed by atoms with Crippen molar-refractivity contribution in [1.82, 2.24) is 14.8 Å². The lowest BCUT2D eigenvalue weighted by Gasteiger charge is -2.06. The molecule has 0 aliphatic heterocycles. The first-order chi connectivity index (χ1) is 9.88. The van der Waals surface area contributed by atoms with Crippen LogP contribution in [0.1, 0.15) is 5.56 Å². The number of hydrogen-bond donors (Lipinski definition) is 0. The van der Waals surface area contributed by atoms with E-state index in [0.29, 0.717) is 10.0 Å². The highest BCUT2D eigenvalue weighted by atomic mass is 79.9. The molecule has 0 saturated heterocycles. The van der Waals surface area contributed by atoms with Gasteiger partial charge in [-0.25, -0.2) is 9.52 Å². The molecule has 11 heteroatoms. The quantitative estimate of drug-likeness (QED) is 0.508. The van der Waals surface area contributed by atoms with Gasteiger partial charge in [-0.15, -0.1) is 15.2 Å². The first-order valence-electron chi connectivity index (χ1n) is 5.13. The second kappa shape index (κ2) is 6.73. The SMILES string of the molecule is O=[N+]([O-])Oc1ncn(/C(Cl)=C(/Cl)c2ccc(Br)cc2Br)n1. The molecule has 110 valence electrons. The average Bonchev–Trinajstić information content (AvgIpc) is 2.84. The van der Waals surface area contributed by atoms with Crippen molar-refractivity contribution in [3.8, 4) is 6.01 Å². The van der Waals surface area contributed by atoms with E-state index in [1.807, 2.05) is 0 Å². The van der Waals surface area contributed by atoms with Gasteiger partial charge in [0.2, 0.25) is 0 Å². The molecule has 0 atom stereocenters. The molecular weight excluding hydrogens is 455 g/mol. The van der Waals surface area contributed by atoms with Crippen LogP contribution < -0.4 is 4.84 Å². The minimum Gasteiger partial charge on any atom is -0.233 e. The van der Waals surface area contributed by atoms with Crippen LogP contribution in [0.3, 0.4) is 0 Å². The molecule has 2 aromatic rings. The molecule has 1 heterocycles. The predicted octanol–water partition coefficient (Wildman–Crippen LogP) is 4.13. The zero-order valence-electron chi connectivity index (χ0n) is 9.83. The standard InChI is InChI=1S/C10H4Br2Cl2N4O3/c11-5-1-2-6(7(12)3-5)8(13)9(14)17-4-15-10(16-17)21-18(19)20/h1-4H/b9-8+. The third-order valence-corrected chi connectivity index (χ3v) is 4.17. The number of rotatable bonds is 4. The van der Waals surface area contributed by atoms with Crippen molar-refractivity contribution in [1.29, 1.82) is 0 Å². The normalized spacial score (nSPS) is 12.0. The Morgan fingerprint density at radius 1 is 1.38 bits per heavy atom. The van der Waals surface area contributed by atoms with Gasteiger partial charge >= 0.3 is 11.1 Å². The smallest absolute Gasteiger partial charge is 0.233 e. The summed E-state index contributed by atoms with van der Waals surface area (Å²) in [5.74, 6) is 0. The van der Waals surface area contributed by atoms with Gasteiger partial charge in [-0.1, -0.05) is 61.1 Å². The van der Waals surface area contributed by atoms with Crippen LogP contribution in [0.2, 0.25) is 0 Å². The van der Waals surface area contributed by atoms with E-state index in [-0.39, 0.29) is 10.2 Å². The lowest BCUT2D eigenvalue weighted by atomic mass is 10.2. The Morgan fingerprint density at radius 2 is 2.10 bits per heavy atom. The fourth-order valence-corrected chi connectivity index (χ4v) is 3.12. The largest absolute Gasteiger partial charge is 0.327 e. The fraction of sp³-hybridized carbons (Fsp3) is 0. The summed E-state index contributed by atoms with van der Waals surface area (Å²) in [6.45, 7) is 0. The molecule has 1 aromatic heterocycles. The molecule has 21 heavy (non-hydrogen) atoms. The fourth-order valence-electron chi connectivity index (χ4n) is 1.33. The van der Waals surface area contributed by atoms with Crippen LogP contribution in [0.5, 0.6) is 6.01 Å². The molecule has 0 radical (unpaired) electrons. The first kappa shape index (κ1) is 16.2. The Balaban J connectivity index is 2.37. The van der Waals surface area contributed by atoms with E-state index in [1.165, 1.54) is 0 Å². The van der Waals surface area contributed by atoms with Crippen LogP contribution in [0, 0.1) is 10.1 Å². The number of hydrogen-bond acceptors (Lipinski definition) is 5. The summed E-state index contributed by atoms with van der Waals surface area (Å²) < 4.78 is 2.64. The molecule has 0 bridgehead atoms. The minimum absolute atomic E-state index is 0.0189. The van der Waals surface area contributed by atoms with Crippen molar-refractivity contribution >= 4 is 65.3 Å². The maximum atomic E-state index is 10.2. The van der Waals surface area contributed by atoms with Crippen molar-refractivity contribution in [3.05, 3.63) is 49.1 Å². The van der Waals surface area contributed by atoms with Crippen molar-refractivity contribution in [2.24, 2.45) is 0 Å². The van der Waals surface area contributed by atoms with Crippen molar-refractivity contribution < 1.29 is 9.92 Å². The molecule has 0 N–H and O–H groups in total. The van der Waals surface area contributed by atoms with E-state index < -0.39 is 11.1 Å². The van der Waals surface area contributed by atoms with E-state index in [2.05, 4.69) is 46.8 Å². The van der Waals surface area contributed by atoms with Crippen LogP contribution in [0.4, 0.5) is 0 Å². The third kappa shape index (κ3) is 3.94. The number of halogens is 4. The monoisotopic (exact) mass is 456 g/mol. The Kier molecular flexibility index (Phi) is 5.20. The summed E-state index contributed by atoms with van der Waals surface area (Å²) in [5.41, 5.74) is 0.622. The van der Waals surface area contributed by atoms with E-state index >= 15 is 0 Å². The molecule has 0 fully saturated rings. The van der Waals surface area contributed by atoms with E-state index in [0.717, 1.165) is 15.5 Å².